The van der Waals surface area contributed by atoms with E-state index in [-0.39, 0.29) is 5.91 Å². The van der Waals surface area contributed by atoms with Crippen LogP contribution in [0.2, 0.25) is 10.0 Å². The van der Waals surface area contributed by atoms with Crippen LogP contribution in [-0.4, -0.2) is 11.7 Å². The molecule has 3 aromatic rings. The lowest BCUT2D eigenvalue weighted by Gasteiger charge is -2.18. The van der Waals surface area contributed by atoms with Crippen LogP contribution in [0, 0.1) is 6.92 Å². The second-order valence-corrected chi connectivity index (χ2v) is 7.37. The Bertz CT molecular complexity index is 1080. The third kappa shape index (κ3) is 3.72. The van der Waals surface area contributed by atoms with Gasteiger partial charge in [0.15, 0.2) is 0 Å². The summed E-state index contributed by atoms with van der Waals surface area (Å²) in [5, 5.41) is 1.23. The summed E-state index contributed by atoms with van der Waals surface area (Å²) < 4.78 is 0. The minimum atomic E-state index is -0.187. The van der Waals surface area contributed by atoms with Crippen molar-refractivity contribution in [2.24, 2.45) is 4.99 Å². The number of amides is 1. The fourth-order valence-electron chi connectivity index (χ4n) is 2.96. The number of aryl methyl sites for hydroxylation is 1. The molecular formula is C23H16Cl2N2O. The number of aliphatic imine (C=N–C) groups is 1. The highest BCUT2D eigenvalue weighted by atomic mass is 35.5. The molecule has 5 heteroatoms. The number of hydrogen-bond acceptors (Lipinski definition) is 2. The van der Waals surface area contributed by atoms with Gasteiger partial charge in [-0.05, 0) is 67.1 Å². The molecule has 0 saturated heterocycles. The minimum absolute atomic E-state index is 0.187. The molecule has 0 fully saturated rings. The van der Waals surface area contributed by atoms with Crippen LogP contribution in [0.5, 0.6) is 0 Å². The second-order valence-electron chi connectivity index (χ2n) is 6.50. The molecule has 3 aromatic carbocycles. The molecule has 0 atom stereocenters. The van der Waals surface area contributed by atoms with E-state index in [0.717, 1.165) is 16.7 Å². The van der Waals surface area contributed by atoms with Gasteiger partial charge in [-0.2, -0.15) is 0 Å². The van der Waals surface area contributed by atoms with E-state index in [1.807, 2.05) is 43.3 Å². The topological polar surface area (TPSA) is 32.7 Å². The van der Waals surface area contributed by atoms with Gasteiger partial charge in [0, 0.05) is 15.6 Å². The van der Waals surface area contributed by atoms with E-state index < -0.39 is 0 Å². The summed E-state index contributed by atoms with van der Waals surface area (Å²) in [5.74, 6) is 0.371. The van der Waals surface area contributed by atoms with Gasteiger partial charge in [-0.1, -0.05) is 53.0 Å². The number of rotatable bonds is 3. The first kappa shape index (κ1) is 18.5. The normalized spacial score (nSPS) is 15.2. The average Bonchev–Trinajstić information content (AvgIpc) is 3.01. The Kier molecular flexibility index (Phi) is 5.03. The monoisotopic (exact) mass is 406 g/mol. The maximum atomic E-state index is 13.2. The smallest absolute Gasteiger partial charge is 0.266 e. The maximum Gasteiger partial charge on any atom is 0.282 e. The summed E-state index contributed by atoms with van der Waals surface area (Å²) in [6, 6.07) is 22.3. The highest BCUT2D eigenvalue weighted by molar-refractivity contribution is 6.34. The van der Waals surface area contributed by atoms with Crippen LogP contribution in [0.3, 0.4) is 0 Å². The van der Waals surface area contributed by atoms with E-state index in [9.17, 15) is 4.79 Å². The number of amidine groups is 1. The summed E-state index contributed by atoms with van der Waals surface area (Å²) in [6.45, 7) is 2.02. The fourth-order valence-corrected chi connectivity index (χ4v) is 3.21. The van der Waals surface area contributed by atoms with Crippen LogP contribution in [0.25, 0.3) is 6.08 Å². The highest BCUT2D eigenvalue weighted by Crippen LogP contribution is 2.29. The largest absolute Gasteiger partial charge is 0.282 e. The molecule has 0 radical (unpaired) electrons. The fraction of sp³-hybridized carbons (Fsp3) is 0.0435. The zero-order chi connectivity index (χ0) is 19.7. The SMILES string of the molecule is Cc1ccc(/C=C2/N=C(c3ccc(Cl)cc3)N(c3ccc(Cl)cc3)C2=O)cc1. The van der Waals surface area contributed by atoms with Crippen molar-refractivity contribution in [3.8, 4) is 0 Å². The first-order valence-corrected chi connectivity index (χ1v) is 9.50. The first-order valence-electron chi connectivity index (χ1n) is 8.74. The molecule has 1 aliphatic heterocycles. The van der Waals surface area contributed by atoms with E-state index in [4.69, 9.17) is 23.2 Å². The lowest BCUT2D eigenvalue weighted by molar-refractivity contribution is -0.113. The average molecular weight is 407 g/mol. The molecule has 0 unspecified atom stereocenters. The number of nitrogens with zero attached hydrogens (tertiary/aromatic N) is 2. The van der Waals surface area contributed by atoms with Crippen molar-refractivity contribution in [3.63, 3.8) is 0 Å². The molecular weight excluding hydrogens is 391 g/mol. The summed E-state index contributed by atoms with van der Waals surface area (Å²) >= 11 is 12.0. The van der Waals surface area contributed by atoms with Gasteiger partial charge < -0.3 is 0 Å². The van der Waals surface area contributed by atoms with Gasteiger partial charge in [-0.25, -0.2) is 4.99 Å². The molecule has 0 aromatic heterocycles. The Morgan fingerprint density at radius 1 is 0.821 bits per heavy atom. The molecule has 0 aliphatic carbocycles. The molecule has 28 heavy (non-hydrogen) atoms. The second kappa shape index (κ2) is 7.63. The molecule has 4 rings (SSSR count). The Morgan fingerprint density at radius 3 is 2.00 bits per heavy atom. The van der Waals surface area contributed by atoms with E-state index in [2.05, 4.69) is 4.99 Å². The number of carbonyl (C=O) groups is 1. The third-order valence-corrected chi connectivity index (χ3v) is 4.93. The summed E-state index contributed by atoms with van der Waals surface area (Å²) in [4.78, 5) is 19.4. The predicted molar refractivity (Wildman–Crippen MR) is 116 cm³/mol. The van der Waals surface area contributed by atoms with E-state index >= 15 is 0 Å². The number of benzene rings is 3. The van der Waals surface area contributed by atoms with E-state index in [1.54, 1.807) is 47.4 Å². The van der Waals surface area contributed by atoms with Gasteiger partial charge >= 0.3 is 0 Å². The van der Waals surface area contributed by atoms with Crippen molar-refractivity contribution in [3.05, 3.63) is 105 Å². The Labute approximate surface area is 173 Å². The van der Waals surface area contributed by atoms with Crippen molar-refractivity contribution in [1.29, 1.82) is 0 Å². The first-order chi connectivity index (χ1) is 13.5. The molecule has 0 saturated carbocycles. The molecule has 138 valence electrons. The van der Waals surface area contributed by atoms with Gasteiger partial charge in [0.2, 0.25) is 0 Å². The van der Waals surface area contributed by atoms with Crippen molar-refractivity contribution in [1.82, 2.24) is 0 Å². The van der Waals surface area contributed by atoms with Crippen LogP contribution in [0.4, 0.5) is 5.69 Å². The number of anilines is 1. The number of halogens is 2. The minimum Gasteiger partial charge on any atom is -0.266 e. The number of hydrogen-bond donors (Lipinski definition) is 0. The molecule has 1 heterocycles. The molecule has 0 N–H and O–H groups in total. The van der Waals surface area contributed by atoms with Crippen molar-refractivity contribution in [2.45, 2.75) is 6.92 Å². The Balaban J connectivity index is 1.81. The van der Waals surface area contributed by atoms with E-state index in [0.29, 0.717) is 27.3 Å². The quantitative estimate of drug-likeness (QED) is 0.481. The van der Waals surface area contributed by atoms with Gasteiger partial charge in [0.25, 0.3) is 5.91 Å². The molecule has 0 bridgehead atoms. The lowest BCUT2D eigenvalue weighted by Crippen LogP contribution is -2.32. The van der Waals surface area contributed by atoms with Crippen LogP contribution in [0.1, 0.15) is 16.7 Å². The van der Waals surface area contributed by atoms with Gasteiger partial charge in [0.1, 0.15) is 11.5 Å². The third-order valence-electron chi connectivity index (χ3n) is 4.43. The van der Waals surface area contributed by atoms with Gasteiger partial charge in [-0.15, -0.1) is 0 Å². The zero-order valence-corrected chi connectivity index (χ0v) is 16.6. The standard InChI is InChI=1S/C23H16Cl2N2O/c1-15-2-4-16(5-3-15)14-21-23(28)27(20-12-10-19(25)11-13-20)22(26-21)17-6-8-18(24)9-7-17/h2-14H,1H3/b21-14+. The molecule has 1 aliphatic rings. The Hall–Kier alpha value is -2.88. The lowest BCUT2D eigenvalue weighted by atomic mass is 10.1. The van der Waals surface area contributed by atoms with Crippen molar-refractivity contribution in [2.75, 3.05) is 4.90 Å². The summed E-state index contributed by atoms with van der Waals surface area (Å²) in [7, 11) is 0. The molecule has 0 spiro atoms. The van der Waals surface area contributed by atoms with Crippen LogP contribution < -0.4 is 4.90 Å². The van der Waals surface area contributed by atoms with Crippen LogP contribution in [-0.2, 0) is 4.79 Å². The van der Waals surface area contributed by atoms with Gasteiger partial charge in [0.05, 0.1) is 5.69 Å². The van der Waals surface area contributed by atoms with E-state index in [1.165, 1.54) is 0 Å². The summed E-state index contributed by atoms with van der Waals surface area (Å²) in [5.41, 5.74) is 3.97. The van der Waals surface area contributed by atoms with Crippen LogP contribution in [0.15, 0.2) is 83.5 Å². The zero-order valence-electron chi connectivity index (χ0n) is 15.1. The number of carbonyl (C=O) groups excluding carboxylic acids is 1. The summed E-state index contributed by atoms with van der Waals surface area (Å²) in [6.07, 6.45) is 1.80. The van der Waals surface area contributed by atoms with Crippen molar-refractivity contribution >= 4 is 46.7 Å². The van der Waals surface area contributed by atoms with Gasteiger partial charge in [-0.3, -0.25) is 9.69 Å². The maximum absolute atomic E-state index is 13.2. The highest BCUT2D eigenvalue weighted by Gasteiger charge is 2.32. The molecule has 3 nitrogen and oxygen atoms in total. The Morgan fingerprint density at radius 2 is 1.39 bits per heavy atom. The molecule has 1 amide bonds. The van der Waals surface area contributed by atoms with Crippen LogP contribution >= 0.6 is 23.2 Å². The van der Waals surface area contributed by atoms with Crippen molar-refractivity contribution < 1.29 is 4.79 Å². The predicted octanol–water partition coefficient (Wildman–Crippen LogP) is 6.14.